The predicted octanol–water partition coefficient (Wildman–Crippen LogP) is 10.4. The molecule has 13 heteroatoms. The van der Waals surface area contributed by atoms with Crippen LogP contribution in [0, 0.1) is 5.39 Å². The Morgan fingerprint density at radius 1 is 0.884 bits per heavy atom. The molecule has 1 aliphatic rings. The number of diazo groups is 1. The number of hydrogen-bond donors (Lipinski definition) is 0. The molecule has 1 heterocycles. The molecule has 0 N–H and O–H groups in total. The molecule has 2 aromatic carbocycles. The Kier molecular flexibility index (Phi) is 10.5. The van der Waals surface area contributed by atoms with E-state index in [9.17, 15) is 30.0 Å². The van der Waals surface area contributed by atoms with Crippen molar-refractivity contribution < 1.29 is 34.7 Å². The van der Waals surface area contributed by atoms with E-state index in [1.807, 2.05) is 24.0 Å². The summed E-state index contributed by atoms with van der Waals surface area (Å²) in [5.41, 5.74) is 4.13. The third-order valence-corrected chi connectivity index (χ3v) is 8.10. The van der Waals surface area contributed by atoms with Gasteiger partial charge in [-0.25, -0.2) is 0 Å². The van der Waals surface area contributed by atoms with Crippen LogP contribution in [-0.2, 0) is 15.6 Å². The summed E-state index contributed by atoms with van der Waals surface area (Å²) in [4.78, 5) is 20.9. The number of nitrogens with zero attached hydrogens (tertiary/aromatic N) is 4. The van der Waals surface area contributed by atoms with Gasteiger partial charge in [-0.05, 0) is 53.9 Å². The maximum atomic E-state index is 13.5. The molecule has 1 atom stereocenters. The van der Waals surface area contributed by atoms with Gasteiger partial charge in [-0.1, -0.05) is 60.6 Å². The van der Waals surface area contributed by atoms with Crippen LogP contribution in [0.1, 0.15) is 78.9 Å². The van der Waals surface area contributed by atoms with E-state index in [0.717, 1.165) is 37.4 Å². The number of anilines is 1. The van der Waals surface area contributed by atoms with E-state index >= 15 is 0 Å². The molecule has 242 valence electrons. The van der Waals surface area contributed by atoms with Crippen LogP contribution in [0.5, 0.6) is 5.75 Å². The number of piperazine rings is 1. The maximum absolute atomic E-state index is 13.5. The molecule has 1 aliphatic heterocycles. The molecule has 2 aromatic rings. The van der Waals surface area contributed by atoms with Crippen molar-refractivity contribution in [2.45, 2.75) is 84.7 Å². The molecule has 1 unspecified atom stereocenters. The van der Waals surface area contributed by atoms with Gasteiger partial charge in [-0.15, -0.1) is 0 Å². The summed E-state index contributed by atoms with van der Waals surface area (Å²) >= 11 is 0. The number of halogens is 6. The second-order valence-electron chi connectivity index (χ2n) is 12.1. The molecule has 1 amide bonds. The molecule has 3 rings (SSSR count). The van der Waals surface area contributed by atoms with Crippen LogP contribution < -0.4 is 9.64 Å². The van der Waals surface area contributed by atoms with Crippen molar-refractivity contribution in [3.05, 3.63) is 58.6 Å². The Hall–Kier alpha value is -3.06. The van der Waals surface area contributed by atoms with Crippen LogP contribution in [0.4, 0.5) is 36.6 Å². The minimum atomic E-state index is -10.7. The summed E-state index contributed by atoms with van der Waals surface area (Å²) in [5, 5.41) is 8.91. The Morgan fingerprint density at radius 2 is 1.40 bits per heavy atom. The van der Waals surface area contributed by atoms with E-state index < -0.39 is 13.9 Å². The van der Waals surface area contributed by atoms with E-state index in [2.05, 4.69) is 69.6 Å². The quantitative estimate of drug-likeness (QED) is 0.156. The molecule has 6 nitrogen and oxygen atoms in total. The Morgan fingerprint density at radius 3 is 1.84 bits per heavy atom. The average molecular weight is 637 g/mol. The monoisotopic (exact) mass is 636 g/mol. The Labute approximate surface area is 250 Å². The van der Waals surface area contributed by atoms with Crippen LogP contribution in [0.15, 0.2) is 42.5 Å². The zero-order valence-electron chi connectivity index (χ0n) is 25.9. The summed E-state index contributed by atoms with van der Waals surface area (Å²) in [7, 11) is -10.7. The molecule has 0 aromatic heterocycles. The first-order chi connectivity index (χ1) is 19.5. The van der Waals surface area contributed by atoms with Gasteiger partial charge in [-0.3, -0.25) is 4.79 Å². The van der Waals surface area contributed by atoms with Crippen molar-refractivity contribution in [3.8, 4) is 5.75 Å². The SMILES string of the molecule is CCC(Oc1ccc(C(C)(C)CC)cc1C(C)(C)CC)C(=O)N1CCN(c2ccc([N+]#N)cc2)CC1.F[P-](F)(F)(F)(F)F. The first kappa shape index (κ1) is 36.1. The summed E-state index contributed by atoms with van der Waals surface area (Å²) in [5.74, 6) is 0.885. The normalized spacial score (nSPS) is 16.7. The summed E-state index contributed by atoms with van der Waals surface area (Å²) < 4.78 is 65.7. The molecule has 0 radical (unpaired) electrons. The zero-order valence-corrected chi connectivity index (χ0v) is 26.8. The van der Waals surface area contributed by atoms with E-state index in [0.29, 0.717) is 25.2 Å². The van der Waals surface area contributed by atoms with Gasteiger partial charge < -0.3 is 14.5 Å². The first-order valence-corrected chi connectivity index (χ1v) is 16.4. The topological polar surface area (TPSA) is 60.9 Å². The molecular weight excluding hydrogens is 593 g/mol. The fourth-order valence-electron chi connectivity index (χ4n) is 4.56. The molecule has 1 fully saturated rings. The molecule has 0 saturated carbocycles. The number of rotatable bonds is 9. The van der Waals surface area contributed by atoms with Gasteiger partial charge >= 0.3 is 38.7 Å². The Balaban J connectivity index is 0.000000821. The second kappa shape index (κ2) is 12.5. The molecule has 43 heavy (non-hydrogen) atoms. The zero-order chi connectivity index (χ0) is 32.9. The fourth-order valence-corrected chi connectivity index (χ4v) is 4.56. The number of carbonyl (C=O) groups is 1. The minimum absolute atomic E-state index is 0.0546. The first-order valence-electron chi connectivity index (χ1n) is 14.4. The van der Waals surface area contributed by atoms with Crippen molar-refractivity contribution in [1.29, 1.82) is 5.39 Å². The third kappa shape index (κ3) is 11.5. The van der Waals surface area contributed by atoms with Gasteiger partial charge in [0, 0.05) is 49.6 Å². The number of benzene rings is 2. The van der Waals surface area contributed by atoms with Gasteiger partial charge in [0.25, 0.3) is 5.91 Å². The Bertz CT molecular complexity index is 1290. The predicted molar refractivity (Wildman–Crippen MR) is 161 cm³/mol. The van der Waals surface area contributed by atoms with Crippen LogP contribution in [-0.4, -0.2) is 43.1 Å². The number of hydrogen-bond acceptors (Lipinski definition) is 4. The van der Waals surface area contributed by atoms with E-state index in [1.165, 1.54) is 11.1 Å². The van der Waals surface area contributed by atoms with Gasteiger partial charge in [0.15, 0.2) is 11.1 Å². The number of ether oxygens (including phenoxy) is 1. The average Bonchev–Trinajstić information content (AvgIpc) is 2.94. The van der Waals surface area contributed by atoms with Crippen molar-refractivity contribution in [2.75, 3.05) is 31.1 Å². The molecule has 1 saturated heterocycles. The summed E-state index contributed by atoms with van der Waals surface area (Å²) in [6.07, 6.45) is 2.17. The standard InChI is InChI=1S/C30H43N4O2.F6P/c1-8-26(28(35)34-19-17-33(18-20-34)24-14-12-23(32-31)13-15-24)36-27-16-11-22(29(4,5)9-2)21-25(27)30(6,7)10-3;1-7(2,3,4,5)6/h11-16,21,26H,8-10,17-20H2,1-7H3;/q+1;-1. The van der Waals surface area contributed by atoms with E-state index in [-0.39, 0.29) is 16.7 Å². The van der Waals surface area contributed by atoms with Crippen molar-refractivity contribution in [1.82, 2.24) is 4.90 Å². The van der Waals surface area contributed by atoms with Crippen molar-refractivity contribution >= 4 is 25.1 Å². The number of carbonyl (C=O) groups excluding carboxylic acids is 1. The number of amides is 1. The van der Waals surface area contributed by atoms with Gasteiger partial charge in [0.2, 0.25) is 5.39 Å². The fraction of sp³-hybridized carbons (Fsp3) is 0.567. The second-order valence-corrected chi connectivity index (χ2v) is 14.0. The van der Waals surface area contributed by atoms with Gasteiger partial charge in [0.1, 0.15) is 5.75 Å². The molecule has 0 bridgehead atoms. The molecule has 0 aliphatic carbocycles. The van der Waals surface area contributed by atoms with E-state index in [4.69, 9.17) is 10.1 Å². The van der Waals surface area contributed by atoms with Crippen molar-refractivity contribution in [2.24, 2.45) is 0 Å². The van der Waals surface area contributed by atoms with Crippen LogP contribution in [0.25, 0.3) is 4.98 Å². The van der Waals surface area contributed by atoms with Crippen LogP contribution in [0.2, 0.25) is 0 Å². The van der Waals surface area contributed by atoms with Gasteiger partial charge in [0.05, 0.1) is 0 Å². The van der Waals surface area contributed by atoms with E-state index in [1.54, 1.807) is 12.1 Å². The summed E-state index contributed by atoms with van der Waals surface area (Å²) in [6.45, 7) is 18.3. The van der Waals surface area contributed by atoms with Crippen LogP contribution >= 0.6 is 7.81 Å². The van der Waals surface area contributed by atoms with Crippen molar-refractivity contribution in [3.63, 3.8) is 0 Å². The molecule has 0 spiro atoms. The van der Waals surface area contributed by atoms with Gasteiger partial charge in [-0.2, -0.15) is 0 Å². The summed E-state index contributed by atoms with van der Waals surface area (Å²) in [6, 6.07) is 14.0. The third-order valence-electron chi connectivity index (χ3n) is 8.10. The molecular formula is C30H43F6N4O2P. The van der Waals surface area contributed by atoms with Crippen LogP contribution in [0.3, 0.4) is 0 Å².